The molecule has 1 aliphatic carbocycles. The van der Waals surface area contributed by atoms with E-state index >= 15 is 0 Å². The number of methoxy groups -OCH3 is 1. The summed E-state index contributed by atoms with van der Waals surface area (Å²) in [7, 11) is 1.16. The van der Waals surface area contributed by atoms with Crippen LogP contribution in [0.3, 0.4) is 0 Å². The van der Waals surface area contributed by atoms with Crippen LogP contribution in [-0.4, -0.2) is 18.9 Å². The number of hydrogen-bond acceptors (Lipinski definition) is 5. The molecule has 2 aliphatic rings. The standard InChI is InChI=1S/C17H15F2NO4/c1-23-17(22)15-13(8-5-6-9(18)10(19)7-8)14-11(21)3-2-4-12(14)24-16(15)20/h5-7,13H,2-4,20H2,1H3/t13-/m0/s1. The highest BCUT2D eigenvalue weighted by Gasteiger charge is 2.41. The summed E-state index contributed by atoms with van der Waals surface area (Å²) >= 11 is 0. The van der Waals surface area contributed by atoms with Gasteiger partial charge in [0.25, 0.3) is 0 Å². The maximum Gasteiger partial charge on any atom is 0.340 e. The minimum Gasteiger partial charge on any atom is -0.465 e. The van der Waals surface area contributed by atoms with Crippen molar-refractivity contribution in [2.75, 3.05) is 7.11 Å². The smallest absolute Gasteiger partial charge is 0.340 e. The molecular weight excluding hydrogens is 320 g/mol. The Morgan fingerprint density at radius 2 is 2.04 bits per heavy atom. The summed E-state index contributed by atoms with van der Waals surface area (Å²) in [4.78, 5) is 24.6. The Hall–Kier alpha value is -2.70. The van der Waals surface area contributed by atoms with E-state index in [-0.39, 0.29) is 34.8 Å². The van der Waals surface area contributed by atoms with Crippen molar-refractivity contribution in [1.29, 1.82) is 0 Å². The second kappa shape index (κ2) is 6.07. The molecule has 0 bridgehead atoms. The monoisotopic (exact) mass is 335 g/mol. The van der Waals surface area contributed by atoms with E-state index in [0.717, 1.165) is 19.2 Å². The zero-order valence-electron chi connectivity index (χ0n) is 12.9. The van der Waals surface area contributed by atoms with Gasteiger partial charge in [0, 0.05) is 18.4 Å². The predicted molar refractivity (Wildman–Crippen MR) is 79.3 cm³/mol. The molecule has 0 spiro atoms. The van der Waals surface area contributed by atoms with Crippen LogP contribution in [0.4, 0.5) is 8.78 Å². The molecule has 126 valence electrons. The summed E-state index contributed by atoms with van der Waals surface area (Å²) in [5.74, 6) is -3.86. The van der Waals surface area contributed by atoms with Gasteiger partial charge < -0.3 is 15.2 Å². The van der Waals surface area contributed by atoms with Crippen LogP contribution in [0.15, 0.2) is 41.0 Å². The first-order chi connectivity index (χ1) is 11.4. The molecule has 24 heavy (non-hydrogen) atoms. The van der Waals surface area contributed by atoms with Gasteiger partial charge in [-0.05, 0) is 24.1 Å². The van der Waals surface area contributed by atoms with E-state index in [1.807, 2.05) is 0 Å². The van der Waals surface area contributed by atoms with Crippen LogP contribution >= 0.6 is 0 Å². The number of carbonyl (C=O) groups is 2. The van der Waals surface area contributed by atoms with Gasteiger partial charge >= 0.3 is 5.97 Å². The number of carbonyl (C=O) groups excluding carboxylic acids is 2. The van der Waals surface area contributed by atoms with Gasteiger partial charge in [-0.15, -0.1) is 0 Å². The average Bonchev–Trinajstić information content (AvgIpc) is 2.55. The zero-order chi connectivity index (χ0) is 17.4. The van der Waals surface area contributed by atoms with E-state index < -0.39 is 23.5 Å². The van der Waals surface area contributed by atoms with Crippen LogP contribution in [0.5, 0.6) is 0 Å². The molecule has 1 aliphatic heterocycles. The Balaban J connectivity index is 2.21. The minimum atomic E-state index is -1.08. The fourth-order valence-electron chi connectivity index (χ4n) is 3.09. The van der Waals surface area contributed by atoms with Crippen molar-refractivity contribution in [2.45, 2.75) is 25.2 Å². The van der Waals surface area contributed by atoms with Gasteiger partial charge in [0.1, 0.15) is 11.3 Å². The zero-order valence-corrected chi connectivity index (χ0v) is 12.9. The molecule has 1 aromatic rings. The molecule has 5 nitrogen and oxygen atoms in total. The first-order valence-corrected chi connectivity index (χ1v) is 7.41. The molecule has 2 N–H and O–H groups in total. The Morgan fingerprint density at radius 3 is 2.71 bits per heavy atom. The predicted octanol–water partition coefficient (Wildman–Crippen LogP) is 2.43. The highest BCUT2D eigenvalue weighted by atomic mass is 19.2. The van der Waals surface area contributed by atoms with Crippen molar-refractivity contribution in [3.63, 3.8) is 0 Å². The van der Waals surface area contributed by atoms with Gasteiger partial charge in [0.05, 0.1) is 13.0 Å². The number of esters is 1. The van der Waals surface area contributed by atoms with Crippen molar-refractivity contribution < 1.29 is 27.8 Å². The molecule has 3 rings (SSSR count). The Kier molecular flexibility index (Phi) is 4.09. The van der Waals surface area contributed by atoms with Crippen LogP contribution in [0.2, 0.25) is 0 Å². The third-order valence-electron chi connectivity index (χ3n) is 4.17. The van der Waals surface area contributed by atoms with Crippen LogP contribution in [0.1, 0.15) is 30.7 Å². The van der Waals surface area contributed by atoms with E-state index in [0.29, 0.717) is 18.6 Å². The molecule has 1 aromatic carbocycles. The van der Waals surface area contributed by atoms with E-state index in [9.17, 15) is 18.4 Å². The van der Waals surface area contributed by atoms with Gasteiger partial charge in [-0.2, -0.15) is 0 Å². The number of Topliss-reactive ketones (excluding diaryl/α,β-unsaturated/α-hetero) is 1. The number of hydrogen-bond donors (Lipinski definition) is 1. The number of allylic oxidation sites excluding steroid dienone is 2. The summed E-state index contributed by atoms with van der Waals surface area (Å²) in [5.41, 5.74) is 6.25. The largest absolute Gasteiger partial charge is 0.465 e. The van der Waals surface area contributed by atoms with E-state index in [1.165, 1.54) is 6.07 Å². The summed E-state index contributed by atoms with van der Waals surface area (Å²) in [5, 5.41) is 0. The lowest BCUT2D eigenvalue weighted by molar-refractivity contribution is -0.136. The summed E-state index contributed by atoms with van der Waals surface area (Å²) in [6.07, 6.45) is 1.37. The first kappa shape index (κ1) is 16.2. The van der Waals surface area contributed by atoms with Crippen LogP contribution in [0, 0.1) is 11.6 Å². The number of rotatable bonds is 2. The van der Waals surface area contributed by atoms with Gasteiger partial charge in [-0.25, -0.2) is 13.6 Å². The molecule has 0 aromatic heterocycles. The van der Waals surface area contributed by atoms with Crippen LogP contribution in [-0.2, 0) is 19.1 Å². The topological polar surface area (TPSA) is 78.6 Å². The summed E-state index contributed by atoms with van der Waals surface area (Å²) < 4.78 is 37.1. The summed E-state index contributed by atoms with van der Waals surface area (Å²) in [6.45, 7) is 0. The molecule has 0 unspecified atom stereocenters. The molecule has 0 saturated carbocycles. The van der Waals surface area contributed by atoms with E-state index in [1.54, 1.807) is 0 Å². The highest BCUT2D eigenvalue weighted by molar-refractivity contribution is 6.03. The lowest BCUT2D eigenvalue weighted by atomic mass is 9.77. The summed E-state index contributed by atoms with van der Waals surface area (Å²) in [6, 6.07) is 3.21. The third kappa shape index (κ3) is 2.55. The maximum absolute atomic E-state index is 13.7. The van der Waals surface area contributed by atoms with Crippen molar-refractivity contribution in [2.24, 2.45) is 5.73 Å². The number of ketones is 1. The molecule has 0 radical (unpaired) electrons. The molecule has 0 amide bonds. The Labute approximate surface area is 136 Å². The normalized spacial score (nSPS) is 20.6. The second-order valence-corrected chi connectivity index (χ2v) is 5.59. The van der Waals surface area contributed by atoms with Crippen molar-refractivity contribution in [1.82, 2.24) is 0 Å². The Morgan fingerprint density at radius 1 is 1.29 bits per heavy atom. The first-order valence-electron chi connectivity index (χ1n) is 7.41. The number of nitrogens with two attached hydrogens (primary N) is 1. The molecule has 0 fully saturated rings. The number of ether oxygens (including phenoxy) is 2. The second-order valence-electron chi connectivity index (χ2n) is 5.59. The van der Waals surface area contributed by atoms with Crippen molar-refractivity contribution in [3.8, 4) is 0 Å². The van der Waals surface area contributed by atoms with E-state index in [4.69, 9.17) is 15.2 Å². The molecular formula is C17H15F2NO4. The lowest BCUT2D eigenvalue weighted by Gasteiger charge is -2.32. The third-order valence-corrected chi connectivity index (χ3v) is 4.17. The van der Waals surface area contributed by atoms with Crippen LogP contribution in [0.25, 0.3) is 0 Å². The molecule has 1 heterocycles. The molecule has 1 atom stereocenters. The highest BCUT2D eigenvalue weighted by Crippen LogP contribution is 2.44. The fourth-order valence-corrected chi connectivity index (χ4v) is 3.09. The van der Waals surface area contributed by atoms with Gasteiger partial charge in [0.15, 0.2) is 17.4 Å². The average molecular weight is 335 g/mol. The maximum atomic E-state index is 13.7. The van der Waals surface area contributed by atoms with Gasteiger partial charge in [-0.1, -0.05) is 6.07 Å². The van der Waals surface area contributed by atoms with Crippen molar-refractivity contribution >= 4 is 11.8 Å². The van der Waals surface area contributed by atoms with Crippen molar-refractivity contribution in [3.05, 3.63) is 58.2 Å². The molecule has 7 heteroatoms. The lowest BCUT2D eigenvalue weighted by Crippen LogP contribution is -2.31. The fraction of sp³-hybridized carbons (Fsp3) is 0.294. The minimum absolute atomic E-state index is 0.0856. The van der Waals surface area contributed by atoms with Crippen LogP contribution < -0.4 is 5.73 Å². The molecule has 0 saturated heterocycles. The quantitative estimate of drug-likeness (QED) is 0.840. The van der Waals surface area contributed by atoms with Gasteiger partial charge in [-0.3, -0.25) is 4.79 Å². The van der Waals surface area contributed by atoms with Gasteiger partial charge in [0.2, 0.25) is 5.88 Å². The Bertz CT molecular complexity index is 798. The SMILES string of the molecule is COC(=O)C1=C(N)OC2=C(C(=O)CCC2)[C@@H]1c1ccc(F)c(F)c1. The van der Waals surface area contributed by atoms with E-state index in [2.05, 4.69) is 0 Å². The number of benzene rings is 1. The number of halogens is 2.